The first-order valence-corrected chi connectivity index (χ1v) is 12.4. The van der Waals surface area contributed by atoms with Gasteiger partial charge in [-0.2, -0.15) is 0 Å². The summed E-state index contributed by atoms with van der Waals surface area (Å²) in [6, 6.07) is 9.60. The molecule has 11 heteroatoms. The largest absolute Gasteiger partial charge is 0.506 e. The molecule has 0 spiro atoms. The van der Waals surface area contributed by atoms with Crippen LogP contribution in [0.15, 0.2) is 36.4 Å². The van der Waals surface area contributed by atoms with E-state index in [-0.39, 0.29) is 24.3 Å². The number of anilines is 1. The van der Waals surface area contributed by atoms with E-state index >= 15 is 0 Å². The van der Waals surface area contributed by atoms with Gasteiger partial charge < -0.3 is 29.8 Å². The highest BCUT2D eigenvalue weighted by atomic mass is 35.5. The Morgan fingerprint density at radius 1 is 0.972 bits per heavy atom. The van der Waals surface area contributed by atoms with Crippen LogP contribution in [0.5, 0.6) is 5.75 Å². The first-order chi connectivity index (χ1) is 17.5. The molecule has 2 aromatic carbocycles. The molecule has 9 nitrogen and oxygen atoms in total. The fourth-order valence-electron chi connectivity index (χ4n) is 3.34. The van der Waals surface area contributed by atoms with E-state index in [1.807, 2.05) is 0 Å². The number of hydrogen-bond donors (Lipinski definition) is 3. The standard InChI is InChI=1S/C25H32Cl2N2O7/c26-21-6-5-7-22(27)20(21)16-35-13-12-34-11-4-2-1-3-10-28-15-25(33)19-8-9-24(32)23(14-19)29(17-30)36-18-31/h5-9,14,17-18,25,28,32-33H,1-4,10-13,15-16H2/t25-/m0/s1. The number of nitrogens with one attached hydrogen (secondary N) is 1. The first kappa shape index (κ1) is 29.8. The molecule has 2 aromatic rings. The van der Waals surface area contributed by atoms with Gasteiger partial charge >= 0.3 is 6.47 Å². The number of rotatable bonds is 19. The number of hydrogen-bond acceptors (Lipinski definition) is 8. The van der Waals surface area contributed by atoms with E-state index in [2.05, 4.69) is 10.2 Å². The number of aliphatic hydroxyl groups is 1. The number of nitrogens with zero attached hydrogens (tertiary/aromatic N) is 1. The van der Waals surface area contributed by atoms with Gasteiger partial charge in [-0.25, -0.2) is 0 Å². The molecule has 1 amide bonds. The molecule has 3 N–H and O–H groups in total. The topological polar surface area (TPSA) is 118 Å². The van der Waals surface area contributed by atoms with Gasteiger partial charge in [0.15, 0.2) is 0 Å². The van der Waals surface area contributed by atoms with Crippen LogP contribution in [0.2, 0.25) is 10.0 Å². The Balaban J connectivity index is 1.50. The van der Waals surface area contributed by atoms with Crippen molar-refractivity contribution < 1.29 is 34.1 Å². The van der Waals surface area contributed by atoms with E-state index in [0.717, 1.165) is 37.8 Å². The molecule has 0 aliphatic rings. The summed E-state index contributed by atoms with van der Waals surface area (Å²) in [4.78, 5) is 26.0. The molecule has 0 aliphatic carbocycles. The lowest BCUT2D eigenvalue weighted by atomic mass is 10.1. The number of aliphatic hydroxyl groups excluding tert-OH is 1. The van der Waals surface area contributed by atoms with E-state index in [1.54, 1.807) is 18.2 Å². The molecule has 0 heterocycles. The van der Waals surface area contributed by atoms with E-state index in [4.69, 9.17) is 32.7 Å². The number of aromatic hydroxyl groups is 1. The van der Waals surface area contributed by atoms with Gasteiger partial charge in [0.05, 0.1) is 25.9 Å². The zero-order chi connectivity index (χ0) is 26.2. The maximum atomic E-state index is 11.0. The summed E-state index contributed by atoms with van der Waals surface area (Å²) in [6.45, 7) is 3.08. The van der Waals surface area contributed by atoms with E-state index in [1.165, 1.54) is 18.2 Å². The Morgan fingerprint density at radius 2 is 1.69 bits per heavy atom. The van der Waals surface area contributed by atoms with Gasteiger partial charge in [0.25, 0.3) is 0 Å². The Bertz CT molecular complexity index is 928. The molecule has 0 aliphatic heterocycles. The molecule has 0 fully saturated rings. The molecule has 2 rings (SSSR count). The number of phenolic OH excluding ortho intramolecular Hbond substituents is 1. The molecule has 0 saturated carbocycles. The number of carbonyl (C=O) groups excluding carboxylic acids is 2. The van der Waals surface area contributed by atoms with Crippen molar-refractivity contribution in [2.75, 3.05) is 38.0 Å². The highest BCUT2D eigenvalue weighted by molar-refractivity contribution is 6.35. The normalized spacial score (nSPS) is 11.8. The highest BCUT2D eigenvalue weighted by Gasteiger charge is 2.16. The molecule has 0 aromatic heterocycles. The van der Waals surface area contributed by atoms with E-state index < -0.39 is 6.10 Å². The number of phenols is 1. The number of benzene rings is 2. The van der Waals surface area contributed by atoms with Crippen molar-refractivity contribution in [1.29, 1.82) is 0 Å². The molecule has 1 atom stereocenters. The SMILES string of the molecule is O=CON(C=O)c1cc([C@@H](O)CNCCCCCCOCCOCc2c(Cl)cccc2Cl)ccc1O. The van der Waals surface area contributed by atoms with Crippen LogP contribution in [-0.4, -0.2) is 56.0 Å². The number of unbranched alkanes of at least 4 members (excludes halogenated alkanes) is 3. The first-order valence-electron chi connectivity index (χ1n) is 11.6. The third-order valence-electron chi connectivity index (χ3n) is 5.28. The predicted molar refractivity (Wildman–Crippen MR) is 137 cm³/mol. The van der Waals surface area contributed by atoms with Crippen molar-refractivity contribution in [1.82, 2.24) is 5.32 Å². The van der Waals surface area contributed by atoms with Gasteiger partial charge in [0.2, 0.25) is 6.41 Å². The third kappa shape index (κ3) is 10.3. The molecule has 198 valence electrons. The fourth-order valence-corrected chi connectivity index (χ4v) is 3.84. The van der Waals surface area contributed by atoms with Crippen molar-refractivity contribution in [3.05, 3.63) is 57.6 Å². The van der Waals surface area contributed by atoms with Crippen LogP contribution in [-0.2, 0) is 30.5 Å². The average Bonchev–Trinajstić information content (AvgIpc) is 2.87. The number of amides is 1. The number of halogens is 2. The molecule has 0 unspecified atom stereocenters. The van der Waals surface area contributed by atoms with Gasteiger partial charge in [-0.1, -0.05) is 48.2 Å². The summed E-state index contributed by atoms with van der Waals surface area (Å²) in [5.41, 5.74) is 1.21. The van der Waals surface area contributed by atoms with Gasteiger partial charge in [0, 0.05) is 28.8 Å². The predicted octanol–water partition coefficient (Wildman–Crippen LogP) is 4.17. The molecule has 0 saturated heterocycles. The van der Waals surface area contributed by atoms with Crippen molar-refractivity contribution >= 4 is 41.8 Å². The minimum absolute atomic E-state index is 0.0348. The summed E-state index contributed by atoms with van der Waals surface area (Å²) in [5.74, 6) is -0.258. The van der Waals surface area contributed by atoms with Crippen LogP contribution in [0.4, 0.5) is 5.69 Å². The van der Waals surface area contributed by atoms with Crippen LogP contribution < -0.4 is 10.4 Å². The van der Waals surface area contributed by atoms with E-state index in [9.17, 15) is 19.8 Å². The summed E-state index contributed by atoms with van der Waals surface area (Å²) < 4.78 is 11.2. The lowest BCUT2D eigenvalue weighted by Gasteiger charge is -2.18. The van der Waals surface area contributed by atoms with Crippen molar-refractivity contribution in [2.45, 2.75) is 38.4 Å². The maximum Gasteiger partial charge on any atom is 0.321 e. The minimum atomic E-state index is -0.862. The minimum Gasteiger partial charge on any atom is -0.506 e. The van der Waals surface area contributed by atoms with Crippen molar-refractivity contribution in [2.24, 2.45) is 0 Å². The lowest BCUT2D eigenvalue weighted by molar-refractivity contribution is -0.134. The summed E-state index contributed by atoms with van der Waals surface area (Å²) in [5, 5.41) is 25.2. The van der Waals surface area contributed by atoms with Gasteiger partial charge in [-0.3, -0.25) is 9.59 Å². The fraction of sp³-hybridized carbons (Fsp3) is 0.440. The van der Waals surface area contributed by atoms with Crippen LogP contribution in [0, 0.1) is 0 Å². The Hall–Kier alpha value is -2.40. The number of hydroxylamine groups is 1. The average molecular weight is 543 g/mol. The molecule has 0 bridgehead atoms. The Kier molecular flexibility index (Phi) is 14.2. The molecular formula is C25H32Cl2N2O7. The lowest BCUT2D eigenvalue weighted by Crippen LogP contribution is -2.24. The molecular weight excluding hydrogens is 511 g/mol. The van der Waals surface area contributed by atoms with Crippen molar-refractivity contribution in [3.63, 3.8) is 0 Å². The van der Waals surface area contributed by atoms with Crippen LogP contribution in [0.25, 0.3) is 0 Å². The van der Waals surface area contributed by atoms with Crippen molar-refractivity contribution in [3.8, 4) is 5.75 Å². The van der Waals surface area contributed by atoms with E-state index in [0.29, 0.717) is 53.6 Å². The highest BCUT2D eigenvalue weighted by Crippen LogP contribution is 2.30. The maximum absolute atomic E-state index is 11.0. The number of carbonyl (C=O) groups is 2. The monoisotopic (exact) mass is 542 g/mol. The summed E-state index contributed by atoms with van der Waals surface area (Å²) in [6.07, 6.45) is 3.33. The zero-order valence-corrected chi connectivity index (χ0v) is 21.4. The second kappa shape index (κ2) is 17.1. The smallest absolute Gasteiger partial charge is 0.321 e. The second-order valence-electron chi connectivity index (χ2n) is 7.88. The van der Waals surface area contributed by atoms with Crippen LogP contribution in [0.3, 0.4) is 0 Å². The van der Waals surface area contributed by atoms with Crippen LogP contribution in [0.1, 0.15) is 42.9 Å². The van der Waals surface area contributed by atoms with Gasteiger partial charge in [-0.05, 0) is 49.2 Å². The molecule has 0 radical (unpaired) electrons. The Labute approximate surface area is 220 Å². The quantitative estimate of drug-likeness (QED) is 0.137. The van der Waals surface area contributed by atoms with Crippen LogP contribution >= 0.6 is 23.2 Å². The Morgan fingerprint density at radius 3 is 2.42 bits per heavy atom. The van der Waals surface area contributed by atoms with Gasteiger partial charge in [0.1, 0.15) is 11.4 Å². The summed E-state index contributed by atoms with van der Waals surface area (Å²) >= 11 is 12.2. The molecule has 36 heavy (non-hydrogen) atoms. The second-order valence-corrected chi connectivity index (χ2v) is 8.69. The van der Waals surface area contributed by atoms with Gasteiger partial charge in [-0.15, -0.1) is 5.06 Å². The summed E-state index contributed by atoms with van der Waals surface area (Å²) in [7, 11) is 0. The zero-order valence-electron chi connectivity index (χ0n) is 19.9. The third-order valence-corrected chi connectivity index (χ3v) is 5.99. The number of ether oxygens (including phenoxy) is 2.